The van der Waals surface area contributed by atoms with Crippen LogP contribution >= 0.6 is 0 Å². The lowest BCUT2D eigenvalue weighted by Crippen LogP contribution is -2.59. The van der Waals surface area contributed by atoms with Crippen molar-refractivity contribution in [2.24, 2.45) is 17.8 Å². The van der Waals surface area contributed by atoms with E-state index in [1.54, 1.807) is 39.2 Å². The third kappa shape index (κ3) is 9.70. The summed E-state index contributed by atoms with van der Waals surface area (Å²) in [6.45, 7) is 8.65. The zero-order valence-electron chi connectivity index (χ0n) is 38.8. The van der Waals surface area contributed by atoms with Crippen LogP contribution in [0.4, 0.5) is 13.6 Å². The van der Waals surface area contributed by atoms with Crippen LogP contribution in [-0.4, -0.2) is 109 Å². The first-order valence-corrected chi connectivity index (χ1v) is 24.3. The van der Waals surface area contributed by atoms with Crippen LogP contribution in [0.2, 0.25) is 0 Å². The number of pyridine rings is 1. The van der Waals surface area contributed by atoms with Crippen LogP contribution in [0.25, 0.3) is 22.0 Å². The Morgan fingerprint density at radius 1 is 1.00 bits per heavy atom. The van der Waals surface area contributed by atoms with Crippen LogP contribution in [-0.2, 0) is 29.1 Å². The summed E-state index contributed by atoms with van der Waals surface area (Å²) in [5, 5.41) is 6.74. The Balaban J connectivity index is 1.16. The Morgan fingerprint density at radius 3 is 2.43 bits per heavy atom. The fraction of sp³-hybridized carbons (Fsp3) is 0.562. The molecule has 3 N–H and O–H groups in total. The first kappa shape index (κ1) is 47.8. The van der Waals surface area contributed by atoms with E-state index in [1.165, 1.54) is 4.90 Å². The van der Waals surface area contributed by atoms with Gasteiger partial charge in [-0.3, -0.25) is 19.1 Å². The molecule has 16 nitrogen and oxygen atoms in total. The van der Waals surface area contributed by atoms with Crippen molar-refractivity contribution in [3.8, 4) is 34.4 Å². The maximum absolute atomic E-state index is 15.1. The summed E-state index contributed by atoms with van der Waals surface area (Å²) < 4.78 is 86.0. The molecule has 0 bridgehead atoms. The van der Waals surface area contributed by atoms with E-state index in [0.717, 1.165) is 13.8 Å². The van der Waals surface area contributed by atoms with Gasteiger partial charge in [0.15, 0.2) is 17.1 Å². The molecular weight excluding hydrogens is 893 g/mol. The van der Waals surface area contributed by atoms with Crippen LogP contribution in [0, 0.1) is 17.8 Å². The molecule has 1 aromatic heterocycles. The molecule has 19 heteroatoms. The molecule has 362 valence electrons. The molecule has 67 heavy (non-hydrogen) atoms. The zero-order chi connectivity index (χ0) is 48.3. The highest BCUT2D eigenvalue weighted by Gasteiger charge is 2.63. The number of hydrogen-bond acceptors (Lipinski definition) is 12. The standard InChI is InChI=1S/C48H59F2N5O11S/c1-27-10-8-9-11-31-25-48(31,43(58)54-67(60,61)46(5)16-17-46)53-40(56)36-24-33(26-55(36)42(57)39(28(2)20-27)52-44(59)66-45(3,4)47(6,49)50)65-41-34-14-13-32(62-7)21-30(34)22-35(51-41)29-12-15-37-38(23-29)64-19-18-63-37/h9,11-15,21-23,27-28,31,33,36,39H,8,10,16-20,24-26H2,1-7H3,(H,52,59)(H,53,56)(H,54,58)/b11-9-/t27-,28+,31+,33?,36-,39-,48+/m0/s1. The Bertz CT molecular complexity index is 2600. The highest BCUT2D eigenvalue weighted by Crippen LogP contribution is 2.48. The number of halogens is 2. The highest BCUT2D eigenvalue weighted by molar-refractivity contribution is 7.91. The van der Waals surface area contributed by atoms with E-state index in [0.29, 0.717) is 91.5 Å². The summed E-state index contributed by atoms with van der Waals surface area (Å²) in [4.78, 5) is 63.8. The average molecular weight is 952 g/mol. The van der Waals surface area contributed by atoms with Gasteiger partial charge in [0.1, 0.15) is 42.7 Å². The van der Waals surface area contributed by atoms with E-state index in [-0.39, 0.29) is 31.2 Å². The number of alkyl halides is 2. The van der Waals surface area contributed by atoms with Crippen molar-refractivity contribution < 1.29 is 60.1 Å². The van der Waals surface area contributed by atoms with Gasteiger partial charge in [0, 0.05) is 30.2 Å². The van der Waals surface area contributed by atoms with Gasteiger partial charge in [-0.1, -0.05) is 26.0 Å². The van der Waals surface area contributed by atoms with Gasteiger partial charge < -0.3 is 39.2 Å². The van der Waals surface area contributed by atoms with Crippen molar-refractivity contribution in [3.05, 3.63) is 54.6 Å². The monoisotopic (exact) mass is 951 g/mol. The van der Waals surface area contributed by atoms with E-state index >= 15 is 4.79 Å². The van der Waals surface area contributed by atoms with Crippen LogP contribution in [0.3, 0.4) is 0 Å². The number of rotatable bonds is 10. The molecular formula is C48H59F2N5O11S. The first-order chi connectivity index (χ1) is 31.5. The zero-order valence-corrected chi connectivity index (χ0v) is 39.6. The maximum atomic E-state index is 15.1. The summed E-state index contributed by atoms with van der Waals surface area (Å²) in [6, 6.07) is 10.00. The average Bonchev–Trinajstić information content (AvgIpc) is 4.15. The van der Waals surface area contributed by atoms with Crippen LogP contribution in [0.5, 0.6) is 23.1 Å². The minimum absolute atomic E-state index is 0.00400. The lowest BCUT2D eigenvalue weighted by molar-refractivity contribution is -0.152. The maximum Gasteiger partial charge on any atom is 0.408 e. The van der Waals surface area contributed by atoms with Crippen molar-refractivity contribution in [2.75, 3.05) is 26.9 Å². The topological polar surface area (TPSA) is 201 Å². The minimum atomic E-state index is -4.09. The van der Waals surface area contributed by atoms with E-state index < -0.39 is 85.7 Å². The van der Waals surface area contributed by atoms with E-state index in [4.69, 9.17) is 28.7 Å². The smallest absolute Gasteiger partial charge is 0.408 e. The number of alkyl carbamates (subject to hydrolysis) is 1. The SMILES string of the molecule is COc1ccc2c(OC3C[C@H]4C(=O)N[C@]5(C(=O)NS(=O)(=O)C6(C)CC6)C[C@H]5/C=C\CC[C@H](C)C[C@@H](C)[C@H](NC(=O)OC(C)(C)C(C)(F)F)C(=O)N4C3)nc(-c3ccc4c(c3)OCCO4)cc2c1. The van der Waals surface area contributed by atoms with Gasteiger partial charge in [0.05, 0.1) is 24.1 Å². The van der Waals surface area contributed by atoms with Gasteiger partial charge in [-0.05, 0) is 119 Å². The van der Waals surface area contributed by atoms with Gasteiger partial charge in [0.2, 0.25) is 27.7 Å². The fourth-order valence-electron chi connectivity index (χ4n) is 9.00. The van der Waals surface area contributed by atoms with Crippen molar-refractivity contribution in [3.63, 3.8) is 0 Å². The van der Waals surface area contributed by atoms with Crippen molar-refractivity contribution in [1.82, 2.24) is 25.2 Å². The number of sulfonamides is 1. The Labute approximate surface area is 388 Å². The fourth-order valence-corrected chi connectivity index (χ4v) is 10.3. The Kier molecular flexibility index (Phi) is 12.6. The third-order valence-corrected chi connectivity index (χ3v) is 16.2. The number of methoxy groups -OCH3 is 1. The first-order valence-electron chi connectivity index (χ1n) is 22.8. The summed E-state index contributed by atoms with van der Waals surface area (Å²) in [7, 11) is -2.54. The molecule has 5 aliphatic rings. The number of nitrogens with one attached hydrogen (secondary N) is 3. The van der Waals surface area contributed by atoms with Crippen LogP contribution in [0.15, 0.2) is 54.6 Å². The predicted molar refractivity (Wildman–Crippen MR) is 242 cm³/mol. The second-order valence-corrected chi connectivity index (χ2v) is 21.8. The molecule has 8 rings (SSSR count). The molecule has 2 saturated carbocycles. The largest absolute Gasteiger partial charge is 0.497 e. The molecule has 4 amide bonds. The number of benzene rings is 2. The molecule has 0 radical (unpaired) electrons. The number of carbonyl (C=O) groups excluding carboxylic acids is 4. The van der Waals surface area contributed by atoms with Crippen LogP contribution < -0.4 is 34.3 Å². The molecule has 1 unspecified atom stereocenters. The molecule has 3 aliphatic heterocycles. The van der Waals surface area contributed by atoms with E-state index in [9.17, 15) is 31.6 Å². The van der Waals surface area contributed by atoms with Crippen molar-refractivity contribution >= 4 is 44.6 Å². The quantitative estimate of drug-likeness (QED) is 0.188. The summed E-state index contributed by atoms with van der Waals surface area (Å²) >= 11 is 0. The third-order valence-electron chi connectivity index (χ3n) is 14.0. The predicted octanol–water partition coefficient (Wildman–Crippen LogP) is 6.44. The molecule has 2 aliphatic carbocycles. The second-order valence-electron chi connectivity index (χ2n) is 19.6. The summed E-state index contributed by atoms with van der Waals surface area (Å²) in [6.07, 6.45) is 3.96. The number of amides is 4. The Hall–Kier alpha value is -5.72. The normalized spacial score (nSPS) is 27.8. The van der Waals surface area contributed by atoms with Gasteiger partial charge in [0.25, 0.3) is 11.8 Å². The highest BCUT2D eigenvalue weighted by atomic mass is 32.2. The number of carbonyl (C=O) groups is 4. The summed E-state index contributed by atoms with van der Waals surface area (Å²) in [5.41, 5.74) is -2.69. The number of ether oxygens (including phenoxy) is 5. The van der Waals surface area contributed by atoms with Gasteiger partial charge in [-0.2, -0.15) is 0 Å². The van der Waals surface area contributed by atoms with Crippen molar-refractivity contribution in [1.29, 1.82) is 0 Å². The minimum Gasteiger partial charge on any atom is -0.497 e. The number of allylic oxidation sites excluding steroid dienone is 1. The molecule has 2 aromatic carbocycles. The number of fused-ring (bicyclic) bond motifs is 4. The lowest BCUT2D eigenvalue weighted by Gasteiger charge is -2.35. The molecule has 3 fully saturated rings. The lowest BCUT2D eigenvalue weighted by atomic mass is 9.88. The second kappa shape index (κ2) is 17.7. The Morgan fingerprint density at radius 2 is 1.73 bits per heavy atom. The summed E-state index contributed by atoms with van der Waals surface area (Å²) in [5.74, 6) is -5.02. The molecule has 1 saturated heterocycles. The van der Waals surface area contributed by atoms with Crippen LogP contribution in [0.1, 0.15) is 86.5 Å². The molecule has 4 heterocycles. The van der Waals surface area contributed by atoms with E-state index in [1.807, 2.05) is 43.3 Å². The van der Waals surface area contributed by atoms with Crippen molar-refractivity contribution in [2.45, 2.75) is 126 Å². The number of aromatic nitrogens is 1. The number of hydrogen-bond donors (Lipinski definition) is 3. The molecule has 0 spiro atoms. The van der Waals surface area contributed by atoms with Gasteiger partial charge in [-0.25, -0.2) is 27.0 Å². The van der Waals surface area contributed by atoms with Gasteiger partial charge in [-0.15, -0.1) is 0 Å². The molecule has 7 atom stereocenters. The number of nitrogens with zero attached hydrogens (tertiary/aromatic N) is 2. The van der Waals surface area contributed by atoms with E-state index in [2.05, 4.69) is 15.4 Å². The molecule has 3 aromatic rings. The van der Waals surface area contributed by atoms with Gasteiger partial charge >= 0.3 is 6.09 Å².